The number of rotatable bonds is 0. The molecule has 1 aromatic heterocycles. The number of nitrogens with zero attached hydrogens (tertiary/aromatic N) is 3. The van der Waals surface area contributed by atoms with E-state index < -0.39 is 0 Å². The van der Waals surface area contributed by atoms with Crippen LogP contribution in [0.4, 0.5) is 4.79 Å². The first-order chi connectivity index (χ1) is 5.38. The van der Waals surface area contributed by atoms with Crippen LogP contribution in [-0.4, -0.2) is 33.6 Å². The smallest absolute Gasteiger partial charge is 0.324 e. The van der Waals surface area contributed by atoms with Crippen LogP contribution in [0.1, 0.15) is 6.42 Å². The summed E-state index contributed by atoms with van der Waals surface area (Å²) in [4.78, 5) is 16.9. The molecule has 0 unspecified atom stereocenters. The molecular formula is C7H9N3O. The second kappa shape index (κ2) is 2.38. The van der Waals surface area contributed by atoms with Gasteiger partial charge in [0.25, 0.3) is 0 Å². The van der Waals surface area contributed by atoms with Gasteiger partial charge in [-0.05, 0) is 6.42 Å². The van der Waals surface area contributed by atoms with E-state index in [1.807, 2.05) is 0 Å². The van der Waals surface area contributed by atoms with Crippen molar-refractivity contribution in [3.8, 4) is 0 Å². The lowest BCUT2D eigenvalue weighted by Crippen LogP contribution is -2.43. The monoisotopic (exact) mass is 151 g/mol. The van der Waals surface area contributed by atoms with Crippen molar-refractivity contribution < 1.29 is 4.79 Å². The normalized spacial score (nSPS) is 16.2. The Morgan fingerprint density at radius 1 is 1.45 bits per heavy atom. The summed E-state index contributed by atoms with van der Waals surface area (Å²) < 4.78 is 1.50. The third-order valence-electron chi connectivity index (χ3n) is 1.85. The van der Waals surface area contributed by atoms with Gasteiger partial charge in [-0.1, -0.05) is 0 Å². The van der Waals surface area contributed by atoms with E-state index in [0.717, 1.165) is 19.5 Å². The number of likely N-dealkylation sites (tertiary alicyclic amines) is 1. The Morgan fingerprint density at radius 2 is 2.27 bits per heavy atom. The van der Waals surface area contributed by atoms with Gasteiger partial charge in [0.1, 0.15) is 6.33 Å². The summed E-state index contributed by atoms with van der Waals surface area (Å²) >= 11 is 0. The van der Waals surface area contributed by atoms with Crippen molar-refractivity contribution in [3.63, 3.8) is 0 Å². The van der Waals surface area contributed by atoms with E-state index in [1.165, 1.54) is 10.9 Å². The SMILES string of the molecule is O=C(N1CCC1)n1ccnc1. The lowest BCUT2D eigenvalue weighted by atomic mass is 10.2. The summed E-state index contributed by atoms with van der Waals surface area (Å²) in [6, 6.07) is 0.0359. The van der Waals surface area contributed by atoms with E-state index >= 15 is 0 Å². The van der Waals surface area contributed by atoms with E-state index in [4.69, 9.17) is 0 Å². The average molecular weight is 151 g/mol. The van der Waals surface area contributed by atoms with Gasteiger partial charge in [0, 0.05) is 25.5 Å². The number of hydrogen-bond acceptors (Lipinski definition) is 2. The third kappa shape index (κ3) is 1.00. The first kappa shape index (κ1) is 6.39. The molecule has 4 nitrogen and oxygen atoms in total. The summed E-state index contributed by atoms with van der Waals surface area (Å²) in [5, 5.41) is 0. The fraction of sp³-hybridized carbons (Fsp3) is 0.429. The maximum Gasteiger partial charge on any atom is 0.329 e. The largest absolute Gasteiger partial charge is 0.329 e. The first-order valence-electron chi connectivity index (χ1n) is 3.65. The number of hydrogen-bond donors (Lipinski definition) is 0. The van der Waals surface area contributed by atoms with E-state index in [0.29, 0.717) is 0 Å². The van der Waals surface area contributed by atoms with Crippen molar-refractivity contribution in [1.29, 1.82) is 0 Å². The molecule has 4 heteroatoms. The van der Waals surface area contributed by atoms with Crippen molar-refractivity contribution in [2.24, 2.45) is 0 Å². The lowest BCUT2D eigenvalue weighted by Gasteiger charge is -2.30. The minimum absolute atomic E-state index is 0.0359. The molecule has 11 heavy (non-hydrogen) atoms. The minimum Gasteiger partial charge on any atom is -0.324 e. The quantitative estimate of drug-likeness (QED) is 0.543. The van der Waals surface area contributed by atoms with Crippen molar-refractivity contribution in [2.45, 2.75) is 6.42 Å². The fourth-order valence-electron chi connectivity index (χ4n) is 1.04. The van der Waals surface area contributed by atoms with E-state index in [2.05, 4.69) is 4.98 Å². The highest BCUT2D eigenvalue weighted by molar-refractivity contribution is 5.77. The fourth-order valence-corrected chi connectivity index (χ4v) is 1.04. The maximum atomic E-state index is 11.3. The van der Waals surface area contributed by atoms with E-state index in [-0.39, 0.29) is 6.03 Å². The maximum absolute atomic E-state index is 11.3. The van der Waals surface area contributed by atoms with Gasteiger partial charge in [-0.3, -0.25) is 4.57 Å². The zero-order chi connectivity index (χ0) is 7.68. The molecule has 1 aliphatic heterocycles. The number of carbonyl (C=O) groups excluding carboxylic acids is 1. The van der Waals surface area contributed by atoms with Crippen molar-refractivity contribution in [2.75, 3.05) is 13.1 Å². The van der Waals surface area contributed by atoms with Crippen LogP contribution in [0.15, 0.2) is 18.7 Å². The van der Waals surface area contributed by atoms with Crippen LogP contribution < -0.4 is 0 Å². The van der Waals surface area contributed by atoms with Crippen LogP contribution in [0.5, 0.6) is 0 Å². The zero-order valence-electron chi connectivity index (χ0n) is 6.10. The van der Waals surface area contributed by atoms with Gasteiger partial charge in [0.05, 0.1) is 0 Å². The van der Waals surface area contributed by atoms with Gasteiger partial charge >= 0.3 is 6.03 Å². The van der Waals surface area contributed by atoms with Crippen molar-refractivity contribution in [3.05, 3.63) is 18.7 Å². The van der Waals surface area contributed by atoms with Crippen LogP contribution in [0.25, 0.3) is 0 Å². The number of imidazole rings is 1. The van der Waals surface area contributed by atoms with Gasteiger partial charge in [-0.15, -0.1) is 0 Å². The van der Waals surface area contributed by atoms with Crippen LogP contribution >= 0.6 is 0 Å². The second-order valence-electron chi connectivity index (χ2n) is 2.59. The predicted octanol–water partition coefficient (Wildman–Crippen LogP) is 0.557. The summed E-state index contributed by atoms with van der Waals surface area (Å²) in [7, 11) is 0. The van der Waals surface area contributed by atoms with Crippen LogP contribution in [0, 0.1) is 0 Å². The highest BCUT2D eigenvalue weighted by Gasteiger charge is 2.20. The molecule has 0 radical (unpaired) electrons. The number of carbonyl (C=O) groups is 1. The van der Waals surface area contributed by atoms with E-state index in [9.17, 15) is 4.79 Å². The van der Waals surface area contributed by atoms with Crippen molar-refractivity contribution >= 4 is 6.03 Å². The lowest BCUT2D eigenvalue weighted by molar-refractivity contribution is 0.169. The third-order valence-corrected chi connectivity index (χ3v) is 1.85. The molecule has 58 valence electrons. The topological polar surface area (TPSA) is 38.1 Å². The second-order valence-corrected chi connectivity index (χ2v) is 2.59. The van der Waals surface area contributed by atoms with Crippen LogP contribution in [0.2, 0.25) is 0 Å². The van der Waals surface area contributed by atoms with Crippen LogP contribution in [0.3, 0.4) is 0 Å². The molecule has 1 amide bonds. The standard InChI is InChI=1S/C7H9N3O/c11-7(9-3-1-4-9)10-5-2-8-6-10/h2,5-6H,1,3-4H2. The Hall–Kier alpha value is -1.32. The van der Waals surface area contributed by atoms with Gasteiger partial charge in [-0.2, -0.15) is 0 Å². The molecule has 2 rings (SSSR count). The molecular weight excluding hydrogens is 142 g/mol. The Balaban J connectivity index is 2.10. The molecule has 1 fully saturated rings. The molecule has 0 spiro atoms. The molecule has 0 aromatic carbocycles. The molecule has 1 aromatic rings. The molecule has 2 heterocycles. The summed E-state index contributed by atoms with van der Waals surface area (Å²) in [5.74, 6) is 0. The summed E-state index contributed by atoms with van der Waals surface area (Å²) in [5.41, 5.74) is 0. The Morgan fingerprint density at radius 3 is 2.73 bits per heavy atom. The Kier molecular flexibility index (Phi) is 1.38. The van der Waals surface area contributed by atoms with Gasteiger partial charge < -0.3 is 4.90 Å². The summed E-state index contributed by atoms with van der Waals surface area (Å²) in [6.07, 6.45) is 5.93. The minimum atomic E-state index is 0.0359. The van der Waals surface area contributed by atoms with Gasteiger partial charge in [0.15, 0.2) is 0 Å². The highest BCUT2D eigenvalue weighted by Crippen LogP contribution is 2.07. The predicted molar refractivity (Wildman–Crippen MR) is 39.2 cm³/mol. The molecule has 1 saturated heterocycles. The molecule has 0 saturated carbocycles. The van der Waals surface area contributed by atoms with E-state index in [1.54, 1.807) is 17.3 Å². The molecule has 0 N–H and O–H groups in total. The molecule has 0 atom stereocenters. The van der Waals surface area contributed by atoms with Crippen molar-refractivity contribution in [1.82, 2.24) is 14.5 Å². The zero-order valence-corrected chi connectivity index (χ0v) is 6.10. The first-order valence-corrected chi connectivity index (χ1v) is 3.65. The van der Waals surface area contributed by atoms with Gasteiger partial charge in [-0.25, -0.2) is 9.78 Å². The average Bonchev–Trinajstić information content (AvgIpc) is 2.32. The molecule has 1 aliphatic rings. The molecule has 0 bridgehead atoms. The number of amides is 1. The Labute approximate surface area is 64.4 Å². The number of aromatic nitrogens is 2. The molecule has 0 aliphatic carbocycles. The Bertz CT molecular complexity index is 251. The summed E-state index contributed by atoms with van der Waals surface area (Å²) in [6.45, 7) is 1.77. The van der Waals surface area contributed by atoms with Gasteiger partial charge in [0.2, 0.25) is 0 Å². The van der Waals surface area contributed by atoms with Crippen LogP contribution in [-0.2, 0) is 0 Å². The highest BCUT2D eigenvalue weighted by atomic mass is 16.2.